The molecule has 0 bridgehead atoms. The minimum atomic E-state index is -3.27. The highest BCUT2D eigenvalue weighted by Gasteiger charge is 2.24. The first-order chi connectivity index (χ1) is 12.7. The van der Waals surface area contributed by atoms with Gasteiger partial charge in [0.15, 0.2) is 0 Å². The molecule has 0 aromatic rings. The molecular weight excluding hydrogens is 342 g/mol. The molecule has 0 unspecified atom stereocenters. The van der Waals surface area contributed by atoms with E-state index in [2.05, 4.69) is 4.40 Å². The van der Waals surface area contributed by atoms with Gasteiger partial charge in [-0.25, -0.2) is 8.42 Å². The molecule has 2 rings (SSSR count). The van der Waals surface area contributed by atoms with Gasteiger partial charge in [0.1, 0.15) is 0 Å². The largest absolute Gasteiger partial charge is 0.255 e. The van der Waals surface area contributed by atoms with Gasteiger partial charge in [-0.1, -0.05) is 96.3 Å². The number of hydrogen-bond acceptors (Lipinski definition) is 2. The number of unbranched alkanes of at least 4 members (excludes halogenated alkanes) is 3. The third kappa shape index (κ3) is 9.01. The van der Waals surface area contributed by atoms with Crippen LogP contribution in [0, 0.1) is 5.92 Å². The van der Waals surface area contributed by atoms with Crippen molar-refractivity contribution in [1.82, 2.24) is 0 Å². The van der Waals surface area contributed by atoms with Gasteiger partial charge in [-0.2, -0.15) is 4.40 Å². The molecule has 3 nitrogen and oxygen atoms in total. The Morgan fingerprint density at radius 3 is 1.85 bits per heavy atom. The Labute approximate surface area is 162 Å². The SMILES string of the molecule is O=S(=O)(N=CCCCCCC1CCCCCCC1)C1CCCCCCC1. The quantitative estimate of drug-likeness (QED) is 0.341. The van der Waals surface area contributed by atoms with Gasteiger partial charge in [0.2, 0.25) is 0 Å². The molecule has 2 aliphatic rings. The van der Waals surface area contributed by atoms with Crippen molar-refractivity contribution in [2.45, 2.75) is 127 Å². The molecule has 0 radical (unpaired) electrons. The molecule has 0 amide bonds. The zero-order valence-electron chi connectivity index (χ0n) is 16.8. The van der Waals surface area contributed by atoms with Crippen LogP contribution in [0.25, 0.3) is 0 Å². The van der Waals surface area contributed by atoms with Crippen LogP contribution in [0.4, 0.5) is 0 Å². The Morgan fingerprint density at radius 1 is 0.692 bits per heavy atom. The van der Waals surface area contributed by atoms with Crippen molar-refractivity contribution in [2.75, 3.05) is 0 Å². The lowest BCUT2D eigenvalue weighted by atomic mass is 9.87. The molecule has 2 aliphatic carbocycles. The van der Waals surface area contributed by atoms with Crippen molar-refractivity contribution in [3.63, 3.8) is 0 Å². The topological polar surface area (TPSA) is 46.5 Å². The molecule has 2 saturated carbocycles. The van der Waals surface area contributed by atoms with Gasteiger partial charge in [-0.3, -0.25) is 0 Å². The Morgan fingerprint density at radius 2 is 1.23 bits per heavy atom. The molecule has 0 N–H and O–H groups in total. The van der Waals surface area contributed by atoms with Crippen LogP contribution in [-0.2, 0) is 10.0 Å². The maximum absolute atomic E-state index is 12.4. The molecule has 0 heterocycles. The van der Waals surface area contributed by atoms with E-state index in [1.807, 2.05) is 0 Å². The average Bonchev–Trinajstić information content (AvgIpc) is 2.54. The van der Waals surface area contributed by atoms with Gasteiger partial charge < -0.3 is 0 Å². The summed E-state index contributed by atoms with van der Waals surface area (Å²) in [7, 11) is -3.27. The summed E-state index contributed by atoms with van der Waals surface area (Å²) in [4.78, 5) is 0. The molecule has 0 saturated heterocycles. The third-order valence-electron chi connectivity index (χ3n) is 6.37. The Bertz CT molecular complexity index is 470. The van der Waals surface area contributed by atoms with Gasteiger partial charge >= 0.3 is 0 Å². The molecule has 0 aromatic heterocycles. The molecule has 26 heavy (non-hydrogen) atoms. The summed E-state index contributed by atoms with van der Waals surface area (Å²) < 4.78 is 28.8. The van der Waals surface area contributed by atoms with Crippen LogP contribution in [-0.4, -0.2) is 19.9 Å². The summed E-state index contributed by atoms with van der Waals surface area (Å²) in [6.07, 6.45) is 24.8. The molecule has 0 spiro atoms. The van der Waals surface area contributed by atoms with Crippen LogP contribution in [0.5, 0.6) is 0 Å². The van der Waals surface area contributed by atoms with E-state index < -0.39 is 10.0 Å². The van der Waals surface area contributed by atoms with Gasteiger partial charge in [0, 0.05) is 6.21 Å². The summed E-state index contributed by atoms with van der Waals surface area (Å²) >= 11 is 0. The van der Waals surface area contributed by atoms with Crippen molar-refractivity contribution in [3.8, 4) is 0 Å². The lowest BCUT2D eigenvalue weighted by molar-refractivity contribution is 0.348. The number of sulfonamides is 1. The van der Waals surface area contributed by atoms with Gasteiger partial charge in [0.05, 0.1) is 5.25 Å². The maximum Gasteiger partial charge on any atom is 0.255 e. The van der Waals surface area contributed by atoms with Crippen molar-refractivity contribution in [1.29, 1.82) is 0 Å². The molecule has 0 atom stereocenters. The lowest BCUT2D eigenvalue weighted by Crippen LogP contribution is -2.20. The van der Waals surface area contributed by atoms with E-state index >= 15 is 0 Å². The highest BCUT2D eigenvalue weighted by atomic mass is 32.2. The average molecular weight is 384 g/mol. The van der Waals surface area contributed by atoms with E-state index in [1.54, 1.807) is 6.21 Å². The first kappa shape index (κ1) is 21.9. The smallest absolute Gasteiger partial charge is 0.204 e. The van der Waals surface area contributed by atoms with Crippen LogP contribution in [0.1, 0.15) is 122 Å². The first-order valence-electron chi connectivity index (χ1n) is 11.5. The predicted octanol–water partition coefficient (Wildman–Crippen LogP) is 6.81. The molecule has 152 valence electrons. The van der Waals surface area contributed by atoms with E-state index in [0.29, 0.717) is 0 Å². The van der Waals surface area contributed by atoms with Crippen LogP contribution < -0.4 is 0 Å². The Hall–Kier alpha value is -0.380. The monoisotopic (exact) mass is 383 g/mol. The van der Waals surface area contributed by atoms with Gasteiger partial charge in [0.25, 0.3) is 10.0 Å². The zero-order chi connectivity index (χ0) is 18.5. The fourth-order valence-electron chi connectivity index (χ4n) is 4.63. The summed E-state index contributed by atoms with van der Waals surface area (Å²) in [5, 5.41) is -0.224. The fourth-order valence-corrected chi connectivity index (χ4v) is 6.05. The summed E-state index contributed by atoms with van der Waals surface area (Å²) in [5.41, 5.74) is 0. The second-order valence-electron chi connectivity index (χ2n) is 8.62. The fraction of sp³-hybridized carbons (Fsp3) is 0.955. The van der Waals surface area contributed by atoms with Crippen molar-refractivity contribution < 1.29 is 8.42 Å². The molecule has 0 aliphatic heterocycles. The van der Waals surface area contributed by atoms with Crippen LogP contribution in [0.3, 0.4) is 0 Å². The summed E-state index contributed by atoms with van der Waals surface area (Å²) in [5.74, 6) is 0.948. The van der Waals surface area contributed by atoms with Gasteiger partial charge in [-0.15, -0.1) is 0 Å². The summed E-state index contributed by atoms with van der Waals surface area (Å²) in [6, 6.07) is 0. The minimum Gasteiger partial charge on any atom is -0.204 e. The summed E-state index contributed by atoms with van der Waals surface area (Å²) in [6.45, 7) is 0. The van der Waals surface area contributed by atoms with E-state index in [4.69, 9.17) is 0 Å². The second kappa shape index (κ2) is 12.9. The normalized spacial score (nSPS) is 22.6. The van der Waals surface area contributed by atoms with Crippen molar-refractivity contribution in [3.05, 3.63) is 0 Å². The minimum absolute atomic E-state index is 0.224. The van der Waals surface area contributed by atoms with E-state index in [1.165, 1.54) is 83.5 Å². The maximum atomic E-state index is 12.4. The lowest BCUT2D eigenvalue weighted by Gasteiger charge is -2.19. The highest BCUT2D eigenvalue weighted by Crippen LogP contribution is 2.27. The number of hydrogen-bond donors (Lipinski definition) is 0. The van der Waals surface area contributed by atoms with Crippen LogP contribution in [0.2, 0.25) is 0 Å². The molecule has 2 fully saturated rings. The second-order valence-corrected chi connectivity index (χ2v) is 10.5. The van der Waals surface area contributed by atoms with E-state index in [-0.39, 0.29) is 5.25 Å². The highest BCUT2D eigenvalue weighted by molar-refractivity contribution is 7.90. The molecule has 0 aromatic carbocycles. The zero-order valence-corrected chi connectivity index (χ0v) is 17.7. The van der Waals surface area contributed by atoms with Crippen LogP contribution >= 0.6 is 0 Å². The third-order valence-corrected chi connectivity index (χ3v) is 8.12. The molecule has 4 heteroatoms. The van der Waals surface area contributed by atoms with Crippen LogP contribution in [0.15, 0.2) is 4.40 Å². The standard InChI is InChI=1S/C22H41NO2S/c24-26(25,22-18-12-5-2-6-13-19-22)23-20-14-8-7-11-17-21-15-9-3-1-4-10-16-21/h20-22H,1-19H2. The predicted molar refractivity (Wildman–Crippen MR) is 112 cm³/mol. The van der Waals surface area contributed by atoms with Gasteiger partial charge in [-0.05, 0) is 31.6 Å². The number of nitrogens with zero attached hydrogens (tertiary/aromatic N) is 1. The Kier molecular flexibility index (Phi) is 10.9. The Balaban J connectivity index is 1.58. The van der Waals surface area contributed by atoms with E-state index in [0.717, 1.165) is 44.4 Å². The molecular formula is C22H41NO2S. The van der Waals surface area contributed by atoms with E-state index in [9.17, 15) is 8.42 Å². The van der Waals surface area contributed by atoms with Crippen molar-refractivity contribution in [2.24, 2.45) is 10.3 Å². The van der Waals surface area contributed by atoms with Crippen molar-refractivity contribution >= 4 is 16.2 Å². The first-order valence-corrected chi connectivity index (χ1v) is 13.0. The number of rotatable bonds is 8.